The quantitative estimate of drug-likeness (QED) is 0.507. The SMILES string of the molecule is CCC(C)Oc1ccc(-c2nnc(CCC(=O)NCCCOC)c(=O)[nH]2)cc1OC. The molecule has 0 bridgehead atoms. The summed E-state index contributed by atoms with van der Waals surface area (Å²) in [5.74, 6) is 1.35. The highest BCUT2D eigenvalue weighted by molar-refractivity contribution is 5.76. The highest BCUT2D eigenvalue weighted by Crippen LogP contribution is 2.32. The van der Waals surface area contributed by atoms with Gasteiger partial charge in [-0.1, -0.05) is 6.92 Å². The van der Waals surface area contributed by atoms with Crippen LogP contribution in [0.2, 0.25) is 0 Å². The Bertz CT molecular complexity index is 884. The number of aromatic amines is 1. The van der Waals surface area contributed by atoms with Gasteiger partial charge in [0.2, 0.25) is 5.91 Å². The third-order valence-electron chi connectivity index (χ3n) is 4.54. The Morgan fingerprint density at radius 3 is 2.70 bits per heavy atom. The number of benzene rings is 1. The molecule has 0 aliphatic heterocycles. The molecule has 9 heteroatoms. The molecule has 1 heterocycles. The number of carbonyl (C=O) groups is 1. The minimum Gasteiger partial charge on any atom is -0.493 e. The van der Waals surface area contributed by atoms with Crippen LogP contribution in [-0.4, -0.2) is 54.6 Å². The molecule has 1 atom stereocenters. The van der Waals surface area contributed by atoms with E-state index in [0.717, 1.165) is 12.8 Å². The smallest absolute Gasteiger partial charge is 0.273 e. The fourth-order valence-corrected chi connectivity index (χ4v) is 2.63. The number of aryl methyl sites for hydroxylation is 1. The van der Waals surface area contributed by atoms with E-state index in [0.29, 0.717) is 36.0 Å². The Kier molecular flexibility index (Phi) is 9.27. The zero-order chi connectivity index (χ0) is 21.9. The molecule has 0 radical (unpaired) electrons. The molecule has 2 N–H and O–H groups in total. The average molecular weight is 418 g/mol. The molecule has 0 fully saturated rings. The predicted molar refractivity (Wildman–Crippen MR) is 113 cm³/mol. The number of H-pyrrole nitrogens is 1. The maximum atomic E-state index is 12.4. The Morgan fingerprint density at radius 2 is 2.03 bits per heavy atom. The van der Waals surface area contributed by atoms with E-state index < -0.39 is 0 Å². The van der Waals surface area contributed by atoms with Gasteiger partial charge in [-0.15, -0.1) is 10.2 Å². The van der Waals surface area contributed by atoms with Gasteiger partial charge in [-0.3, -0.25) is 9.59 Å². The first-order chi connectivity index (χ1) is 14.5. The van der Waals surface area contributed by atoms with E-state index in [1.165, 1.54) is 0 Å². The zero-order valence-electron chi connectivity index (χ0n) is 18.0. The molecular formula is C21H30N4O5. The van der Waals surface area contributed by atoms with Crippen LogP contribution in [-0.2, 0) is 16.0 Å². The second-order valence-corrected chi connectivity index (χ2v) is 6.85. The molecule has 30 heavy (non-hydrogen) atoms. The summed E-state index contributed by atoms with van der Waals surface area (Å²) >= 11 is 0. The maximum Gasteiger partial charge on any atom is 0.273 e. The lowest BCUT2D eigenvalue weighted by molar-refractivity contribution is -0.121. The normalized spacial score (nSPS) is 11.7. The number of carbonyl (C=O) groups excluding carboxylic acids is 1. The second-order valence-electron chi connectivity index (χ2n) is 6.85. The van der Waals surface area contributed by atoms with Gasteiger partial charge in [0.05, 0.1) is 13.2 Å². The van der Waals surface area contributed by atoms with Crippen LogP contribution in [0.4, 0.5) is 0 Å². The van der Waals surface area contributed by atoms with Crippen LogP contribution in [0.1, 0.15) is 38.8 Å². The first kappa shape index (κ1) is 23.3. The second kappa shape index (κ2) is 11.9. The van der Waals surface area contributed by atoms with Gasteiger partial charge in [0, 0.05) is 38.7 Å². The number of aromatic nitrogens is 3. The minimum absolute atomic E-state index is 0.0563. The highest BCUT2D eigenvalue weighted by Gasteiger charge is 2.13. The number of rotatable bonds is 12. The van der Waals surface area contributed by atoms with Gasteiger partial charge < -0.3 is 24.5 Å². The molecule has 1 amide bonds. The molecule has 164 valence electrons. The zero-order valence-corrected chi connectivity index (χ0v) is 18.0. The van der Waals surface area contributed by atoms with E-state index in [-0.39, 0.29) is 36.1 Å². The van der Waals surface area contributed by atoms with Gasteiger partial charge in [0.25, 0.3) is 5.56 Å². The van der Waals surface area contributed by atoms with Crippen molar-refractivity contribution in [2.45, 2.75) is 45.6 Å². The lowest BCUT2D eigenvalue weighted by Gasteiger charge is -2.16. The first-order valence-electron chi connectivity index (χ1n) is 10.0. The Hall–Kier alpha value is -2.94. The summed E-state index contributed by atoms with van der Waals surface area (Å²) in [5.41, 5.74) is 0.496. The fraction of sp³-hybridized carbons (Fsp3) is 0.524. The summed E-state index contributed by atoms with van der Waals surface area (Å²) in [6.45, 7) is 5.14. The van der Waals surface area contributed by atoms with Crippen LogP contribution in [0, 0.1) is 0 Å². The Morgan fingerprint density at radius 1 is 1.23 bits per heavy atom. The van der Waals surface area contributed by atoms with Crippen molar-refractivity contribution in [3.8, 4) is 22.9 Å². The van der Waals surface area contributed by atoms with E-state index in [1.807, 2.05) is 13.8 Å². The van der Waals surface area contributed by atoms with Gasteiger partial charge >= 0.3 is 0 Å². The van der Waals surface area contributed by atoms with Gasteiger partial charge in [0.15, 0.2) is 17.3 Å². The molecule has 1 aromatic carbocycles. The van der Waals surface area contributed by atoms with E-state index >= 15 is 0 Å². The number of methoxy groups -OCH3 is 2. The van der Waals surface area contributed by atoms with E-state index in [1.54, 1.807) is 32.4 Å². The predicted octanol–water partition coefficient (Wildman–Crippen LogP) is 2.10. The van der Waals surface area contributed by atoms with Crippen LogP contribution >= 0.6 is 0 Å². The Labute approximate surface area is 176 Å². The van der Waals surface area contributed by atoms with Crippen molar-refractivity contribution in [1.82, 2.24) is 20.5 Å². The van der Waals surface area contributed by atoms with Crippen molar-refractivity contribution >= 4 is 5.91 Å². The topological polar surface area (TPSA) is 115 Å². The minimum atomic E-state index is -0.369. The van der Waals surface area contributed by atoms with Crippen molar-refractivity contribution in [3.05, 3.63) is 34.2 Å². The number of hydrogen-bond donors (Lipinski definition) is 2. The van der Waals surface area contributed by atoms with E-state index in [2.05, 4.69) is 20.5 Å². The summed E-state index contributed by atoms with van der Waals surface area (Å²) in [7, 11) is 3.17. The number of amides is 1. The summed E-state index contributed by atoms with van der Waals surface area (Å²) in [4.78, 5) is 26.9. The van der Waals surface area contributed by atoms with Crippen LogP contribution < -0.4 is 20.3 Å². The van der Waals surface area contributed by atoms with Gasteiger partial charge in [0.1, 0.15) is 5.69 Å². The molecule has 0 aliphatic carbocycles. The monoisotopic (exact) mass is 418 g/mol. The molecule has 1 unspecified atom stereocenters. The molecule has 0 spiro atoms. The van der Waals surface area contributed by atoms with Crippen molar-refractivity contribution < 1.29 is 19.0 Å². The van der Waals surface area contributed by atoms with Crippen molar-refractivity contribution in [2.75, 3.05) is 27.4 Å². The number of nitrogens with zero attached hydrogens (tertiary/aromatic N) is 2. The lowest BCUT2D eigenvalue weighted by atomic mass is 10.2. The number of hydrogen-bond acceptors (Lipinski definition) is 7. The number of ether oxygens (including phenoxy) is 3. The lowest BCUT2D eigenvalue weighted by Crippen LogP contribution is -2.27. The molecule has 9 nitrogen and oxygen atoms in total. The summed E-state index contributed by atoms with van der Waals surface area (Å²) in [5, 5.41) is 10.9. The van der Waals surface area contributed by atoms with Crippen LogP contribution in [0.5, 0.6) is 11.5 Å². The molecule has 1 aromatic heterocycles. The van der Waals surface area contributed by atoms with Gasteiger partial charge in [-0.2, -0.15) is 0 Å². The summed E-state index contributed by atoms with van der Waals surface area (Å²) in [6, 6.07) is 5.31. The molecule has 2 aromatic rings. The summed E-state index contributed by atoms with van der Waals surface area (Å²) in [6.07, 6.45) is 2.04. The average Bonchev–Trinajstić information content (AvgIpc) is 2.76. The standard InChI is InChI=1S/C21H30N4O5/c1-5-14(2)30-17-9-7-15(13-18(17)29-4)20-23-21(27)16(24-25-20)8-10-19(26)22-11-6-12-28-3/h7,9,13-14H,5-6,8,10-12H2,1-4H3,(H,22,26)(H,23,25,27). The van der Waals surface area contributed by atoms with Crippen LogP contribution in [0.3, 0.4) is 0 Å². The molecule has 0 aliphatic rings. The van der Waals surface area contributed by atoms with E-state index in [4.69, 9.17) is 14.2 Å². The van der Waals surface area contributed by atoms with Crippen molar-refractivity contribution in [3.63, 3.8) is 0 Å². The largest absolute Gasteiger partial charge is 0.493 e. The number of nitrogens with one attached hydrogen (secondary N) is 2. The summed E-state index contributed by atoms with van der Waals surface area (Å²) < 4.78 is 16.2. The first-order valence-corrected chi connectivity index (χ1v) is 10.0. The highest BCUT2D eigenvalue weighted by atomic mass is 16.5. The van der Waals surface area contributed by atoms with Crippen LogP contribution in [0.25, 0.3) is 11.4 Å². The van der Waals surface area contributed by atoms with Crippen molar-refractivity contribution in [1.29, 1.82) is 0 Å². The molecule has 0 saturated heterocycles. The van der Waals surface area contributed by atoms with Crippen molar-refractivity contribution in [2.24, 2.45) is 0 Å². The van der Waals surface area contributed by atoms with Gasteiger partial charge in [-0.25, -0.2) is 0 Å². The fourth-order valence-electron chi connectivity index (χ4n) is 2.63. The molecule has 0 saturated carbocycles. The Balaban J connectivity index is 2.04. The molecular weight excluding hydrogens is 388 g/mol. The maximum absolute atomic E-state index is 12.4. The third kappa shape index (κ3) is 6.84. The van der Waals surface area contributed by atoms with Crippen LogP contribution in [0.15, 0.2) is 23.0 Å². The molecule has 2 rings (SSSR count). The van der Waals surface area contributed by atoms with E-state index in [9.17, 15) is 9.59 Å². The van der Waals surface area contributed by atoms with Gasteiger partial charge in [-0.05, 0) is 38.0 Å². The third-order valence-corrected chi connectivity index (χ3v) is 4.54.